The lowest BCUT2D eigenvalue weighted by Crippen LogP contribution is -2.41. The minimum absolute atomic E-state index is 0.285. The van der Waals surface area contributed by atoms with Gasteiger partial charge in [0.2, 0.25) is 0 Å². The highest BCUT2D eigenvalue weighted by atomic mass is 16.5. The van der Waals surface area contributed by atoms with E-state index in [1.54, 1.807) is 0 Å². The van der Waals surface area contributed by atoms with Gasteiger partial charge in [0.05, 0.1) is 11.1 Å². The van der Waals surface area contributed by atoms with Crippen molar-refractivity contribution in [2.75, 3.05) is 13.1 Å². The van der Waals surface area contributed by atoms with Gasteiger partial charge in [-0.25, -0.2) is 9.59 Å². The predicted octanol–water partition coefficient (Wildman–Crippen LogP) is 1.82. The minimum Gasteiger partial charge on any atom is -0.449 e. The molecule has 4 rings (SSSR count). The maximum absolute atomic E-state index is 12.9. The topological polar surface area (TPSA) is 88.6 Å². The number of urea groups is 1. The van der Waals surface area contributed by atoms with E-state index in [9.17, 15) is 14.4 Å². The number of rotatable bonds is 3. The number of carbonyl (C=O) groups is 3. The number of imide groups is 1. The van der Waals surface area contributed by atoms with Crippen molar-refractivity contribution in [2.45, 2.75) is 32.3 Å². The van der Waals surface area contributed by atoms with Crippen LogP contribution in [-0.4, -0.2) is 47.0 Å². The van der Waals surface area contributed by atoms with Crippen molar-refractivity contribution in [2.24, 2.45) is 0 Å². The highest BCUT2D eigenvalue weighted by Crippen LogP contribution is 2.30. The van der Waals surface area contributed by atoms with E-state index in [4.69, 9.17) is 4.74 Å². The van der Waals surface area contributed by atoms with Crippen LogP contribution in [0.15, 0.2) is 24.3 Å². The Kier molecular flexibility index (Phi) is 4.06. The number of aryl methyl sites for hydroxylation is 1. The lowest BCUT2D eigenvalue weighted by Gasteiger charge is -2.19. The molecule has 1 atom stereocenters. The van der Waals surface area contributed by atoms with Crippen LogP contribution in [0.25, 0.3) is 10.9 Å². The fraction of sp³-hybridized carbons (Fsp3) is 0.368. The molecule has 2 aromatic rings. The summed E-state index contributed by atoms with van der Waals surface area (Å²) in [4.78, 5) is 42.7. The maximum atomic E-state index is 12.9. The van der Waals surface area contributed by atoms with Crippen molar-refractivity contribution in [1.82, 2.24) is 15.2 Å². The van der Waals surface area contributed by atoms with Crippen molar-refractivity contribution in [3.05, 3.63) is 41.1 Å². The van der Waals surface area contributed by atoms with E-state index in [1.807, 2.05) is 24.3 Å². The molecular weight excluding hydrogens is 334 g/mol. The zero-order valence-electron chi connectivity index (χ0n) is 14.4. The summed E-state index contributed by atoms with van der Waals surface area (Å²) in [7, 11) is 0. The van der Waals surface area contributed by atoms with Crippen LogP contribution in [0.2, 0.25) is 0 Å². The van der Waals surface area contributed by atoms with E-state index >= 15 is 0 Å². The Hall–Kier alpha value is -2.96. The van der Waals surface area contributed by atoms with Gasteiger partial charge in [0.15, 0.2) is 6.10 Å². The number of hydrogen-bond acceptors (Lipinski definition) is 5. The Bertz CT molecular complexity index is 924. The van der Waals surface area contributed by atoms with Gasteiger partial charge in [-0.15, -0.1) is 0 Å². The summed E-state index contributed by atoms with van der Waals surface area (Å²) in [5.74, 6) is -1.05. The van der Waals surface area contributed by atoms with Crippen LogP contribution in [0.5, 0.6) is 0 Å². The maximum Gasteiger partial charge on any atom is 0.339 e. The van der Waals surface area contributed by atoms with Gasteiger partial charge >= 0.3 is 12.0 Å². The van der Waals surface area contributed by atoms with Crippen LogP contribution in [0, 0.1) is 0 Å². The summed E-state index contributed by atoms with van der Waals surface area (Å²) in [5.41, 5.74) is 3.08. The van der Waals surface area contributed by atoms with Crippen molar-refractivity contribution in [1.29, 1.82) is 0 Å². The van der Waals surface area contributed by atoms with Crippen LogP contribution in [-0.2, 0) is 22.4 Å². The molecular formula is C19H19N3O4. The summed E-state index contributed by atoms with van der Waals surface area (Å²) < 4.78 is 5.45. The lowest BCUT2D eigenvalue weighted by atomic mass is 10.0. The molecule has 1 aliphatic heterocycles. The number of esters is 1. The normalized spacial score (nSPS) is 17.1. The number of nitrogens with one attached hydrogen (secondary N) is 1. The first-order chi connectivity index (χ1) is 12.6. The molecule has 0 saturated carbocycles. The summed E-state index contributed by atoms with van der Waals surface area (Å²) in [5, 5.41) is 3.30. The molecule has 2 aliphatic rings. The molecule has 1 aromatic heterocycles. The van der Waals surface area contributed by atoms with Crippen LogP contribution >= 0.6 is 0 Å². The Balaban J connectivity index is 1.64. The monoisotopic (exact) mass is 353 g/mol. The third-order valence-electron chi connectivity index (χ3n) is 4.88. The SMILES string of the molecule is C[C@H](OC(=O)c1c2c(nc3ccccc13)CCC2)C(=O)N1CCNC1=O. The van der Waals surface area contributed by atoms with Crippen LogP contribution in [0.4, 0.5) is 4.79 Å². The third kappa shape index (κ3) is 2.69. The number of amides is 3. The molecule has 7 heteroatoms. The fourth-order valence-corrected chi connectivity index (χ4v) is 3.62. The van der Waals surface area contributed by atoms with Crippen molar-refractivity contribution < 1.29 is 19.1 Å². The third-order valence-corrected chi connectivity index (χ3v) is 4.88. The molecule has 0 unspecified atom stereocenters. The molecule has 3 amide bonds. The van der Waals surface area contributed by atoms with Gasteiger partial charge in [0, 0.05) is 24.2 Å². The average molecular weight is 353 g/mol. The smallest absolute Gasteiger partial charge is 0.339 e. The second-order valence-corrected chi connectivity index (χ2v) is 6.55. The molecule has 0 bridgehead atoms. The van der Waals surface area contributed by atoms with E-state index in [0.717, 1.165) is 46.3 Å². The van der Waals surface area contributed by atoms with Gasteiger partial charge < -0.3 is 10.1 Å². The minimum atomic E-state index is -1.03. The zero-order valence-corrected chi connectivity index (χ0v) is 14.4. The molecule has 26 heavy (non-hydrogen) atoms. The quantitative estimate of drug-likeness (QED) is 0.851. The van der Waals surface area contributed by atoms with E-state index in [1.165, 1.54) is 6.92 Å². The lowest BCUT2D eigenvalue weighted by molar-refractivity contribution is -0.136. The second kappa shape index (κ2) is 6.40. The van der Waals surface area contributed by atoms with Gasteiger partial charge in [0.1, 0.15) is 0 Å². The van der Waals surface area contributed by atoms with Gasteiger partial charge in [0.25, 0.3) is 5.91 Å². The second-order valence-electron chi connectivity index (χ2n) is 6.55. The Morgan fingerprint density at radius 2 is 2.08 bits per heavy atom. The molecule has 1 aliphatic carbocycles. The molecule has 134 valence electrons. The molecule has 0 spiro atoms. The van der Waals surface area contributed by atoms with E-state index < -0.39 is 24.0 Å². The standard InChI is InChI=1S/C19H19N3O4/c1-11(17(23)22-10-9-20-19(22)25)26-18(24)16-12-5-2-3-7-14(12)21-15-8-4-6-13(15)16/h2-3,5,7,11H,4,6,8-10H2,1H3,(H,20,25)/t11-/m0/s1. The number of ether oxygens (including phenoxy) is 1. The first kappa shape index (κ1) is 16.5. The molecule has 1 N–H and O–H groups in total. The number of aromatic nitrogens is 1. The summed E-state index contributed by atoms with van der Waals surface area (Å²) in [6.45, 7) is 2.19. The highest BCUT2D eigenvalue weighted by Gasteiger charge is 2.33. The molecule has 7 nitrogen and oxygen atoms in total. The number of nitrogens with zero attached hydrogens (tertiary/aromatic N) is 2. The van der Waals surface area contributed by atoms with Gasteiger partial charge in [-0.2, -0.15) is 0 Å². The first-order valence-corrected chi connectivity index (χ1v) is 8.77. The number of para-hydroxylation sites is 1. The van der Waals surface area contributed by atoms with E-state index in [2.05, 4.69) is 10.3 Å². The highest BCUT2D eigenvalue weighted by molar-refractivity contribution is 6.06. The Morgan fingerprint density at radius 1 is 1.27 bits per heavy atom. The summed E-state index contributed by atoms with van der Waals surface area (Å²) >= 11 is 0. The summed E-state index contributed by atoms with van der Waals surface area (Å²) in [6, 6.07) is 6.99. The van der Waals surface area contributed by atoms with Gasteiger partial charge in [-0.05, 0) is 37.8 Å². The van der Waals surface area contributed by atoms with Crippen LogP contribution in [0.1, 0.15) is 35.0 Å². The van der Waals surface area contributed by atoms with Gasteiger partial charge in [-0.1, -0.05) is 18.2 Å². The van der Waals surface area contributed by atoms with Crippen molar-refractivity contribution >= 4 is 28.8 Å². The number of pyridine rings is 1. The molecule has 1 fully saturated rings. The number of benzene rings is 1. The molecule has 1 saturated heterocycles. The predicted molar refractivity (Wildman–Crippen MR) is 93.8 cm³/mol. The van der Waals surface area contributed by atoms with E-state index in [-0.39, 0.29) is 6.54 Å². The Labute approximate surface area is 150 Å². The number of hydrogen-bond donors (Lipinski definition) is 1. The summed E-state index contributed by atoms with van der Waals surface area (Å²) in [6.07, 6.45) is 1.52. The fourth-order valence-electron chi connectivity index (χ4n) is 3.62. The molecule has 0 radical (unpaired) electrons. The first-order valence-electron chi connectivity index (χ1n) is 8.77. The number of carbonyl (C=O) groups excluding carboxylic acids is 3. The van der Waals surface area contributed by atoms with E-state index in [0.29, 0.717) is 12.1 Å². The number of fused-ring (bicyclic) bond motifs is 2. The van der Waals surface area contributed by atoms with Crippen LogP contribution in [0.3, 0.4) is 0 Å². The van der Waals surface area contributed by atoms with Gasteiger partial charge in [-0.3, -0.25) is 14.7 Å². The van der Waals surface area contributed by atoms with Crippen molar-refractivity contribution in [3.8, 4) is 0 Å². The molecule has 1 aromatic carbocycles. The Morgan fingerprint density at radius 3 is 2.85 bits per heavy atom. The zero-order chi connectivity index (χ0) is 18.3. The largest absolute Gasteiger partial charge is 0.449 e. The molecule has 2 heterocycles. The van der Waals surface area contributed by atoms with Crippen molar-refractivity contribution in [3.63, 3.8) is 0 Å². The van der Waals surface area contributed by atoms with Crippen LogP contribution < -0.4 is 5.32 Å². The average Bonchev–Trinajstić information content (AvgIpc) is 3.27.